The minimum absolute atomic E-state index is 0.106. The zero-order chi connectivity index (χ0) is 12.8. The highest BCUT2D eigenvalue weighted by Crippen LogP contribution is 2.24. The molecule has 1 fully saturated rings. The molecule has 2 rings (SSSR count). The molecule has 1 aliphatic rings. The minimum Gasteiger partial charge on any atom is -0.376 e. The van der Waals surface area contributed by atoms with E-state index in [9.17, 15) is 0 Å². The van der Waals surface area contributed by atoms with Gasteiger partial charge in [-0.1, -0.05) is 46.3 Å². The number of ether oxygens (including phenoxy) is 2. The van der Waals surface area contributed by atoms with Crippen molar-refractivity contribution < 1.29 is 9.47 Å². The molecular formula is C14H18ClIO2. The van der Waals surface area contributed by atoms with Gasteiger partial charge in [-0.2, -0.15) is 0 Å². The molecule has 0 aliphatic carbocycles. The highest BCUT2D eigenvalue weighted by molar-refractivity contribution is 14.1. The lowest BCUT2D eigenvalue weighted by molar-refractivity contribution is -0.0582. The van der Waals surface area contributed by atoms with Crippen LogP contribution in [0.15, 0.2) is 24.3 Å². The molecule has 0 spiro atoms. The molecule has 100 valence electrons. The van der Waals surface area contributed by atoms with Crippen LogP contribution >= 0.6 is 34.2 Å². The third kappa shape index (κ3) is 4.37. The Morgan fingerprint density at radius 3 is 3.00 bits per heavy atom. The Morgan fingerprint density at radius 1 is 1.44 bits per heavy atom. The SMILES string of the molecule is Clc1cccc(C(CI)OCC2CCCCO2)c1. The van der Waals surface area contributed by atoms with Crippen LogP contribution in [-0.2, 0) is 9.47 Å². The lowest BCUT2D eigenvalue weighted by atomic mass is 10.1. The first kappa shape index (κ1) is 14.6. The number of hydrogen-bond acceptors (Lipinski definition) is 2. The molecule has 2 nitrogen and oxygen atoms in total. The number of halogens is 2. The Balaban J connectivity index is 1.88. The van der Waals surface area contributed by atoms with E-state index < -0.39 is 0 Å². The van der Waals surface area contributed by atoms with Gasteiger partial charge >= 0.3 is 0 Å². The van der Waals surface area contributed by atoms with E-state index in [0.717, 1.165) is 28.0 Å². The van der Waals surface area contributed by atoms with Crippen LogP contribution in [0.4, 0.5) is 0 Å². The van der Waals surface area contributed by atoms with Gasteiger partial charge in [-0.05, 0) is 37.0 Å². The maximum Gasteiger partial charge on any atom is 0.0916 e. The lowest BCUT2D eigenvalue weighted by Crippen LogP contribution is -2.25. The summed E-state index contributed by atoms with van der Waals surface area (Å²) >= 11 is 8.36. The normalized spacial score (nSPS) is 21.8. The van der Waals surface area contributed by atoms with Crippen LogP contribution in [0.5, 0.6) is 0 Å². The summed E-state index contributed by atoms with van der Waals surface area (Å²) in [6.07, 6.45) is 3.92. The molecule has 1 aliphatic heterocycles. The largest absolute Gasteiger partial charge is 0.376 e. The van der Waals surface area contributed by atoms with Crippen molar-refractivity contribution in [1.82, 2.24) is 0 Å². The first-order valence-corrected chi connectivity index (χ1v) is 8.24. The molecule has 0 N–H and O–H groups in total. The van der Waals surface area contributed by atoms with E-state index in [2.05, 4.69) is 28.7 Å². The predicted octanol–water partition coefficient (Wildman–Crippen LogP) is 4.40. The summed E-state index contributed by atoms with van der Waals surface area (Å²) in [6, 6.07) is 7.90. The fraction of sp³-hybridized carbons (Fsp3) is 0.571. The first-order valence-electron chi connectivity index (χ1n) is 6.34. The van der Waals surface area contributed by atoms with Gasteiger partial charge in [0.15, 0.2) is 0 Å². The molecule has 4 heteroatoms. The highest BCUT2D eigenvalue weighted by atomic mass is 127. The molecule has 1 heterocycles. The zero-order valence-corrected chi connectivity index (χ0v) is 13.2. The summed E-state index contributed by atoms with van der Waals surface area (Å²) in [6.45, 7) is 1.56. The summed E-state index contributed by atoms with van der Waals surface area (Å²) in [5, 5.41) is 0.764. The Kier molecular flexibility index (Phi) is 6.21. The fourth-order valence-corrected chi connectivity index (χ4v) is 3.06. The first-order chi connectivity index (χ1) is 8.79. The van der Waals surface area contributed by atoms with Crippen molar-refractivity contribution in [2.45, 2.75) is 31.5 Å². The van der Waals surface area contributed by atoms with Crippen LogP contribution in [-0.4, -0.2) is 23.7 Å². The third-order valence-electron chi connectivity index (χ3n) is 3.12. The van der Waals surface area contributed by atoms with Gasteiger partial charge in [-0.15, -0.1) is 0 Å². The Bertz CT molecular complexity index is 367. The van der Waals surface area contributed by atoms with Gasteiger partial charge in [0.2, 0.25) is 0 Å². The van der Waals surface area contributed by atoms with Crippen LogP contribution in [0.25, 0.3) is 0 Å². The van der Waals surface area contributed by atoms with E-state index in [0.29, 0.717) is 6.61 Å². The monoisotopic (exact) mass is 380 g/mol. The van der Waals surface area contributed by atoms with Crippen molar-refractivity contribution in [2.24, 2.45) is 0 Å². The second-order valence-corrected chi connectivity index (χ2v) is 5.84. The summed E-state index contributed by atoms with van der Waals surface area (Å²) < 4.78 is 12.6. The lowest BCUT2D eigenvalue weighted by Gasteiger charge is -2.25. The molecule has 1 aromatic carbocycles. The Hall–Kier alpha value is 0.160. The molecule has 0 saturated carbocycles. The molecule has 0 radical (unpaired) electrons. The second-order valence-electron chi connectivity index (χ2n) is 4.52. The summed E-state index contributed by atoms with van der Waals surface area (Å²) in [5.41, 5.74) is 1.15. The van der Waals surface area contributed by atoms with Crippen molar-refractivity contribution in [3.8, 4) is 0 Å². The summed E-state index contributed by atoms with van der Waals surface area (Å²) in [7, 11) is 0. The number of rotatable bonds is 5. The summed E-state index contributed by atoms with van der Waals surface area (Å²) in [5.74, 6) is 0. The van der Waals surface area contributed by atoms with Crippen LogP contribution in [0.1, 0.15) is 30.9 Å². The maximum atomic E-state index is 6.01. The molecule has 2 unspecified atom stereocenters. The van der Waals surface area contributed by atoms with Gasteiger partial charge < -0.3 is 9.47 Å². The van der Waals surface area contributed by atoms with Crippen molar-refractivity contribution >= 4 is 34.2 Å². The Labute approximate surface area is 127 Å². The van der Waals surface area contributed by atoms with E-state index in [1.165, 1.54) is 12.8 Å². The number of alkyl halides is 1. The van der Waals surface area contributed by atoms with Gasteiger partial charge in [-0.3, -0.25) is 0 Å². The van der Waals surface area contributed by atoms with Gasteiger partial charge in [0.05, 0.1) is 18.8 Å². The van der Waals surface area contributed by atoms with Crippen LogP contribution in [0.2, 0.25) is 5.02 Å². The minimum atomic E-state index is 0.106. The quantitative estimate of drug-likeness (QED) is 0.557. The van der Waals surface area contributed by atoms with Crippen LogP contribution in [0, 0.1) is 0 Å². The van der Waals surface area contributed by atoms with E-state index >= 15 is 0 Å². The van der Waals surface area contributed by atoms with Crippen molar-refractivity contribution in [3.05, 3.63) is 34.9 Å². The molecule has 0 aromatic heterocycles. The average Bonchev–Trinajstić information content (AvgIpc) is 2.41. The molecule has 0 amide bonds. The topological polar surface area (TPSA) is 18.5 Å². The van der Waals surface area contributed by atoms with Gasteiger partial charge in [0, 0.05) is 16.1 Å². The molecular weight excluding hydrogens is 363 g/mol. The maximum absolute atomic E-state index is 6.01. The average molecular weight is 381 g/mol. The van der Waals surface area contributed by atoms with Gasteiger partial charge in [0.25, 0.3) is 0 Å². The molecule has 1 aromatic rings. The molecule has 0 bridgehead atoms. The molecule has 2 atom stereocenters. The van der Waals surface area contributed by atoms with E-state index in [4.69, 9.17) is 21.1 Å². The summed E-state index contributed by atoms with van der Waals surface area (Å²) in [4.78, 5) is 0. The Morgan fingerprint density at radius 2 is 2.33 bits per heavy atom. The standard InChI is InChI=1S/C14H18ClIO2/c15-12-5-3-4-11(8-12)14(9-16)18-10-13-6-1-2-7-17-13/h3-5,8,13-14H,1-2,6-7,9-10H2. The number of benzene rings is 1. The second kappa shape index (κ2) is 7.68. The zero-order valence-electron chi connectivity index (χ0n) is 10.3. The van der Waals surface area contributed by atoms with Crippen molar-refractivity contribution in [1.29, 1.82) is 0 Å². The van der Waals surface area contributed by atoms with E-state index in [1.807, 2.05) is 18.2 Å². The molecule has 18 heavy (non-hydrogen) atoms. The number of hydrogen-bond donors (Lipinski definition) is 0. The fourth-order valence-electron chi connectivity index (χ4n) is 2.10. The van der Waals surface area contributed by atoms with Crippen molar-refractivity contribution in [2.75, 3.05) is 17.6 Å². The van der Waals surface area contributed by atoms with E-state index in [1.54, 1.807) is 0 Å². The van der Waals surface area contributed by atoms with Gasteiger partial charge in [0.1, 0.15) is 0 Å². The van der Waals surface area contributed by atoms with Gasteiger partial charge in [-0.25, -0.2) is 0 Å². The predicted molar refractivity (Wildman–Crippen MR) is 82.6 cm³/mol. The van der Waals surface area contributed by atoms with Crippen LogP contribution < -0.4 is 0 Å². The smallest absolute Gasteiger partial charge is 0.0916 e. The van der Waals surface area contributed by atoms with Crippen LogP contribution in [0.3, 0.4) is 0 Å². The third-order valence-corrected chi connectivity index (χ3v) is 4.15. The molecule has 1 saturated heterocycles. The van der Waals surface area contributed by atoms with Crippen molar-refractivity contribution in [3.63, 3.8) is 0 Å². The van der Waals surface area contributed by atoms with E-state index in [-0.39, 0.29) is 12.2 Å². The highest BCUT2D eigenvalue weighted by Gasteiger charge is 2.17.